The Morgan fingerprint density at radius 2 is 2.31 bits per heavy atom. The zero-order valence-corrected chi connectivity index (χ0v) is 9.32. The van der Waals surface area contributed by atoms with Gasteiger partial charge in [0, 0.05) is 12.6 Å². The normalized spacial score (nSPS) is 18.6. The van der Waals surface area contributed by atoms with E-state index in [0.29, 0.717) is 5.76 Å². The molecule has 1 aromatic heterocycles. The molecule has 1 aliphatic carbocycles. The van der Waals surface area contributed by atoms with Gasteiger partial charge in [-0.25, -0.2) is 0 Å². The molecule has 2 N–H and O–H groups in total. The highest BCUT2D eigenvalue weighted by Crippen LogP contribution is 2.28. The molecule has 1 aromatic rings. The Balaban J connectivity index is 1.88. The Labute approximate surface area is 93.8 Å². The molecule has 1 saturated carbocycles. The fraction of sp³-hybridized carbons (Fsp3) is 0.636. The quantitative estimate of drug-likeness (QED) is 0.803. The average molecular weight is 224 g/mol. The Bertz CT molecular complexity index is 380. The minimum atomic E-state index is -0.728. The van der Waals surface area contributed by atoms with Gasteiger partial charge in [0.25, 0.3) is 5.91 Å². The SMILES string of the molecule is Cc1cc(C(=O)NCC2(O)CCCC2)no1. The maximum Gasteiger partial charge on any atom is 0.273 e. The molecule has 88 valence electrons. The van der Waals surface area contributed by atoms with Crippen LogP contribution in [0.4, 0.5) is 0 Å². The summed E-state index contributed by atoms with van der Waals surface area (Å²) in [5.74, 6) is 0.307. The van der Waals surface area contributed by atoms with Gasteiger partial charge in [-0.1, -0.05) is 18.0 Å². The van der Waals surface area contributed by atoms with E-state index in [1.54, 1.807) is 13.0 Å². The summed E-state index contributed by atoms with van der Waals surface area (Å²) in [6.45, 7) is 2.02. The number of aromatic nitrogens is 1. The minimum absolute atomic E-state index is 0.263. The van der Waals surface area contributed by atoms with Gasteiger partial charge in [-0.05, 0) is 19.8 Å². The first-order valence-electron chi connectivity index (χ1n) is 5.53. The van der Waals surface area contributed by atoms with E-state index in [4.69, 9.17) is 4.52 Å². The predicted molar refractivity (Wildman–Crippen MR) is 57.0 cm³/mol. The summed E-state index contributed by atoms with van der Waals surface area (Å²) in [6, 6.07) is 1.58. The lowest BCUT2D eigenvalue weighted by Gasteiger charge is -2.21. The van der Waals surface area contributed by atoms with Crippen LogP contribution in [0.15, 0.2) is 10.6 Å². The molecule has 16 heavy (non-hydrogen) atoms. The molecule has 0 atom stereocenters. The van der Waals surface area contributed by atoms with E-state index in [2.05, 4.69) is 10.5 Å². The highest BCUT2D eigenvalue weighted by Gasteiger charge is 2.31. The minimum Gasteiger partial charge on any atom is -0.388 e. The molecular formula is C11H16N2O3. The number of nitrogens with one attached hydrogen (secondary N) is 1. The van der Waals surface area contributed by atoms with E-state index >= 15 is 0 Å². The number of hydrogen-bond donors (Lipinski definition) is 2. The molecule has 1 aliphatic rings. The summed E-state index contributed by atoms with van der Waals surface area (Å²) < 4.78 is 4.81. The topological polar surface area (TPSA) is 75.4 Å². The van der Waals surface area contributed by atoms with Crippen molar-refractivity contribution in [2.75, 3.05) is 6.54 Å². The molecule has 1 fully saturated rings. The van der Waals surface area contributed by atoms with Crippen molar-refractivity contribution in [2.45, 2.75) is 38.2 Å². The van der Waals surface area contributed by atoms with Crippen molar-refractivity contribution >= 4 is 5.91 Å². The summed E-state index contributed by atoms with van der Waals surface area (Å²) >= 11 is 0. The fourth-order valence-corrected chi connectivity index (χ4v) is 2.02. The number of amides is 1. The van der Waals surface area contributed by atoms with Crippen LogP contribution >= 0.6 is 0 Å². The van der Waals surface area contributed by atoms with E-state index in [1.807, 2.05) is 0 Å². The van der Waals surface area contributed by atoms with Crippen molar-refractivity contribution in [3.8, 4) is 0 Å². The lowest BCUT2D eigenvalue weighted by molar-refractivity contribution is 0.0447. The van der Waals surface area contributed by atoms with Gasteiger partial charge < -0.3 is 14.9 Å². The maximum atomic E-state index is 11.6. The van der Waals surface area contributed by atoms with Crippen LogP contribution in [0.2, 0.25) is 0 Å². The number of carbonyl (C=O) groups excluding carboxylic acids is 1. The number of carbonyl (C=O) groups is 1. The molecule has 0 bridgehead atoms. The van der Waals surface area contributed by atoms with Gasteiger partial charge in [0.1, 0.15) is 5.76 Å². The third kappa shape index (κ3) is 2.41. The highest BCUT2D eigenvalue weighted by atomic mass is 16.5. The van der Waals surface area contributed by atoms with Gasteiger partial charge in [0.15, 0.2) is 5.69 Å². The Hall–Kier alpha value is -1.36. The summed E-state index contributed by atoms with van der Waals surface area (Å²) in [7, 11) is 0. The van der Waals surface area contributed by atoms with Crippen molar-refractivity contribution in [2.24, 2.45) is 0 Å². The molecule has 1 heterocycles. The third-order valence-electron chi connectivity index (χ3n) is 2.97. The Morgan fingerprint density at radius 3 is 2.88 bits per heavy atom. The molecule has 2 rings (SSSR count). The zero-order valence-electron chi connectivity index (χ0n) is 9.32. The molecule has 0 aromatic carbocycles. The lowest BCUT2D eigenvalue weighted by Crippen LogP contribution is -2.40. The van der Waals surface area contributed by atoms with Crippen LogP contribution in [-0.2, 0) is 0 Å². The van der Waals surface area contributed by atoms with Crippen molar-refractivity contribution in [3.05, 3.63) is 17.5 Å². The van der Waals surface area contributed by atoms with Crippen molar-refractivity contribution in [1.29, 1.82) is 0 Å². The standard InChI is InChI=1S/C11H16N2O3/c1-8-6-9(13-16-8)10(14)12-7-11(15)4-2-3-5-11/h6,15H,2-5,7H2,1H3,(H,12,14). The molecule has 0 unspecified atom stereocenters. The molecule has 0 aliphatic heterocycles. The largest absolute Gasteiger partial charge is 0.388 e. The molecule has 0 radical (unpaired) electrons. The van der Waals surface area contributed by atoms with Gasteiger partial charge in [0.2, 0.25) is 0 Å². The molecule has 1 amide bonds. The number of hydrogen-bond acceptors (Lipinski definition) is 4. The van der Waals surface area contributed by atoms with E-state index in [0.717, 1.165) is 25.7 Å². The smallest absolute Gasteiger partial charge is 0.273 e. The van der Waals surface area contributed by atoms with Crippen LogP contribution in [0.3, 0.4) is 0 Å². The summed E-state index contributed by atoms with van der Waals surface area (Å²) in [4.78, 5) is 11.6. The van der Waals surface area contributed by atoms with Gasteiger partial charge in [0.05, 0.1) is 5.60 Å². The molecule has 0 saturated heterocycles. The van der Waals surface area contributed by atoms with Crippen LogP contribution < -0.4 is 5.32 Å². The lowest BCUT2D eigenvalue weighted by atomic mass is 10.0. The number of aliphatic hydroxyl groups is 1. The van der Waals surface area contributed by atoms with E-state index in [9.17, 15) is 9.90 Å². The van der Waals surface area contributed by atoms with Crippen LogP contribution in [0, 0.1) is 6.92 Å². The first-order valence-corrected chi connectivity index (χ1v) is 5.53. The van der Waals surface area contributed by atoms with Crippen LogP contribution in [-0.4, -0.2) is 28.3 Å². The van der Waals surface area contributed by atoms with E-state index < -0.39 is 5.60 Å². The van der Waals surface area contributed by atoms with E-state index in [1.165, 1.54) is 0 Å². The number of aryl methyl sites for hydroxylation is 1. The van der Waals surface area contributed by atoms with Crippen molar-refractivity contribution < 1.29 is 14.4 Å². The van der Waals surface area contributed by atoms with E-state index in [-0.39, 0.29) is 18.1 Å². The summed E-state index contributed by atoms with van der Waals surface area (Å²) in [5.41, 5.74) is -0.465. The molecule has 5 nitrogen and oxygen atoms in total. The third-order valence-corrected chi connectivity index (χ3v) is 2.97. The Kier molecular flexibility index (Phi) is 2.96. The van der Waals surface area contributed by atoms with Gasteiger partial charge in [-0.15, -0.1) is 0 Å². The summed E-state index contributed by atoms with van der Waals surface area (Å²) in [5, 5.41) is 16.3. The van der Waals surface area contributed by atoms with Crippen molar-refractivity contribution in [3.63, 3.8) is 0 Å². The second-order valence-corrected chi connectivity index (χ2v) is 4.44. The van der Waals surface area contributed by atoms with Gasteiger partial charge in [-0.3, -0.25) is 4.79 Å². The Morgan fingerprint density at radius 1 is 1.62 bits per heavy atom. The number of rotatable bonds is 3. The maximum absolute atomic E-state index is 11.6. The highest BCUT2D eigenvalue weighted by molar-refractivity contribution is 5.92. The van der Waals surface area contributed by atoms with Gasteiger partial charge >= 0.3 is 0 Å². The molecular weight excluding hydrogens is 208 g/mol. The first-order chi connectivity index (χ1) is 7.59. The predicted octanol–water partition coefficient (Wildman–Crippen LogP) is 1.02. The van der Waals surface area contributed by atoms with Crippen LogP contribution in [0.1, 0.15) is 41.9 Å². The molecule has 5 heteroatoms. The van der Waals surface area contributed by atoms with Crippen molar-refractivity contribution in [1.82, 2.24) is 10.5 Å². The second-order valence-electron chi connectivity index (χ2n) is 4.44. The zero-order chi connectivity index (χ0) is 11.6. The molecule has 0 spiro atoms. The monoisotopic (exact) mass is 224 g/mol. The fourth-order valence-electron chi connectivity index (χ4n) is 2.02. The van der Waals surface area contributed by atoms with Crippen LogP contribution in [0.5, 0.6) is 0 Å². The first kappa shape index (κ1) is 11.1. The van der Waals surface area contributed by atoms with Crippen LogP contribution in [0.25, 0.3) is 0 Å². The average Bonchev–Trinajstić information content (AvgIpc) is 2.85. The second kappa shape index (κ2) is 4.25. The summed E-state index contributed by atoms with van der Waals surface area (Å²) in [6.07, 6.45) is 3.56. The number of nitrogens with zero attached hydrogens (tertiary/aromatic N) is 1. The van der Waals surface area contributed by atoms with Gasteiger partial charge in [-0.2, -0.15) is 0 Å².